The summed E-state index contributed by atoms with van der Waals surface area (Å²) in [4.78, 5) is 12.4. The molecule has 26 heavy (non-hydrogen) atoms. The van der Waals surface area contributed by atoms with Crippen LogP contribution in [0, 0.1) is 0 Å². The van der Waals surface area contributed by atoms with E-state index in [-0.39, 0.29) is 12.1 Å². The Morgan fingerprint density at radius 1 is 0.885 bits per heavy atom. The monoisotopic (exact) mass is 361 g/mol. The average molecular weight is 361 g/mol. The van der Waals surface area contributed by atoms with Crippen LogP contribution in [0.15, 0.2) is 89.7 Å². The fraction of sp³-hybridized carbons (Fsp3) is 0.0952. The Morgan fingerprint density at radius 3 is 2.23 bits per heavy atom. The molecule has 0 radical (unpaired) electrons. The third kappa shape index (κ3) is 2.98. The number of nitrogens with zero attached hydrogens (tertiary/aromatic N) is 1. The van der Waals surface area contributed by atoms with Crippen LogP contribution in [0.2, 0.25) is 0 Å². The van der Waals surface area contributed by atoms with E-state index in [9.17, 15) is 4.79 Å². The van der Waals surface area contributed by atoms with E-state index < -0.39 is 7.21 Å². The third-order valence-electron chi connectivity index (χ3n) is 4.55. The van der Waals surface area contributed by atoms with Crippen LogP contribution >= 0.6 is 7.21 Å². The zero-order valence-corrected chi connectivity index (χ0v) is 15.4. The van der Waals surface area contributed by atoms with Gasteiger partial charge in [-0.3, -0.25) is 5.09 Å². The minimum atomic E-state index is -2.45. The second-order valence-electron chi connectivity index (χ2n) is 6.28. The lowest BCUT2D eigenvalue weighted by Crippen LogP contribution is -2.35. The smallest absolute Gasteiger partial charge is 0.305 e. The van der Waals surface area contributed by atoms with Gasteiger partial charge in [-0.1, -0.05) is 72.8 Å². The second-order valence-corrected chi connectivity index (χ2v) is 9.01. The average Bonchev–Trinajstić information content (AvgIpc) is 2.69. The molecule has 0 spiro atoms. The molecule has 4 rings (SSSR count). The zero-order chi connectivity index (χ0) is 18.0. The van der Waals surface area contributed by atoms with Gasteiger partial charge in [0.1, 0.15) is 7.21 Å². The number of fused-ring (bicyclic) bond motifs is 1. The van der Waals surface area contributed by atoms with Crippen molar-refractivity contribution in [2.45, 2.75) is 13.0 Å². The number of urea groups is 1. The Morgan fingerprint density at radius 2 is 1.50 bits per heavy atom. The Balaban J connectivity index is 1.91. The predicted molar refractivity (Wildman–Crippen MR) is 109 cm³/mol. The minimum Gasteiger partial charge on any atom is -0.305 e. The van der Waals surface area contributed by atoms with Crippen LogP contribution in [0.1, 0.15) is 18.5 Å². The highest BCUT2D eigenvalue weighted by Crippen LogP contribution is 2.49. The van der Waals surface area contributed by atoms with Crippen molar-refractivity contribution in [2.24, 2.45) is 4.74 Å². The van der Waals surface area contributed by atoms with Crippen molar-refractivity contribution in [2.75, 3.05) is 5.32 Å². The highest BCUT2D eigenvalue weighted by Gasteiger charge is 2.33. The van der Waals surface area contributed by atoms with E-state index in [0.29, 0.717) is 0 Å². The van der Waals surface area contributed by atoms with Gasteiger partial charge in [0.15, 0.2) is 0 Å². The van der Waals surface area contributed by atoms with Crippen LogP contribution in [0.4, 0.5) is 10.5 Å². The first kappa shape index (κ1) is 16.8. The molecule has 0 bridgehead atoms. The molecule has 1 aliphatic heterocycles. The van der Waals surface area contributed by atoms with E-state index in [2.05, 4.69) is 52.4 Å². The van der Waals surface area contributed by atoms with E-state index in [4.69, 9.17) is 0 Å². The van der Waals surface area contributed by atoms with Gasteiger partial charge in [-0.25, -0.2) is 4.79 Å². The topological polar surface area (TPSA) is 53.5 Å². The quantitative estimate of drug-likeness (QED) is 0.665. The van der Waals surface area contributed by atoms with Gasteiger partial charge in [0.05, 0.1) is 5.69 Å². The van der Waals surface area contributed by atoms with Crippen molar-refractivity contribution in [3.05, 3.63) is 90.5 Å². The summed E-state index contributed by atoms with van der Waals surface area (Å²) in [7, 11) is -2.45. The molecule has 1 unspecified atom stereocenters. The molecule has 4 nitrogen and oxygen atoms in total. The molecule has 1 heterocycles. The lowest BCUT2D eigenvalue weighted by molar-refractivity contribution is 0.260. The van der Waals surface area contributed by atoms with Crippen LogP contribution < -0.4 is 21.0 Å². The van der Waals surface area contributed by atoms with Gasteiger partial charge in [-0.05, 0) is 24.6 Å². The molecular formula is C21H20N3OP. The molecule has 0 aromatic heterocycles. The summed E-state index contributed by atoms with van der Waals surface area (Å²) in [5.41, 5.74) is 2.00. The number of para-hydroxylation sites is 1. The molecule has 1 aliphatic rings. The molecule has 5 heteroatoms. The van der Waals surface area contributed by atoms with Crippen LogP contribution in [0.5, 0.6) is 0 Å². The Labute approximate surface area is 153 Å². The lowest BCUT2D eigenvalue weighted by Gasteiger charge is -2.33. The first-order chi connectivity index (χ1) is 12.7. The second kappa shape index (κ2) is 6.91. The van der Waals surface area contributed by atoms with Gasteiger partial charge in [0.25, 0.3) is 0 Å². The number of carbonyl (C=O) groups is 1. The lowest BCUT2D eigenvalue weighted by atomic mass is 10.1. The predicted octanol–water partition coefficient (Wildman–Crippen LogP) is 4.65. The van der Waals surface area contributed by atoms with Gasteiger partial charge in [-0.2, -0.15) is 4.74 Å². The standard InChI is InChI=1S/C21H20N3OP/c1-16(17-10-4-2-5-11-17)23-26(18-12-6-3-7-13-18)20-15-9-8-14-19(20)22-21(25)24-26/h2-16,23H,1H3,(H,22,25)/t16-,26?/m1/s1. The van der Waals surface area contributed by atoms with Crippen molar-refractivity contribution in [1.29, 1.82) is 0 Å². The number of hydrogen-bond acceptors (Lipinski definition) is 2. The first-order valence-corrected chi connectivity index (χ1v) is 10.3. The normalized spacial score (nSPS) is 19.8. The van der Waals surface area contributed by atoms with Crippen molar-refractivity contribution in [1.82, 2.24) is 5.09 Å². The summed E-state index contributed by atoms with van der Waals surface area (Å²) in [5.74, 6) is 0. The van der Waals surface area contributed by atoms with Gasteiger partial charge in [-0.15, -0.1) is 0 Å². The Hall–Kier alpha value is -2.68. The number of anilines is 1. The van der Waals surface area contributed by atoms with E-state index in [1.807, 2.05) is 54.6 Å². The Bertz CT molecular complexity index is 986. The van der Waals surface area contributed by atoms with Crippen molar-refractivity contribution < 1.29 is 4.79 Å². The summed E-state index contributed by atoms with van der Waals surface area (Å²) in [6, 6.07) is 28.0. The van der Waals surface area contributed by atoms with Crippen molar-refractivity contribution in [3.8, 4) is 0 Å². The fourth-order valence-corrected chi connectivity index (χ4v) is 6.57. The minimum absolute atomic E-state index is 0.0486. The number of amides is 2. The molecule has 130 valence electrons. The van der Waals surface area contributed by atoms with Gasteiger partial charge < -0.3 is 5.32 Å². The zero-order valence-electron chi connectivity index (χ0n) is 14.5. The summed E-state index contributed by atoms with van der Waals surface area (Å²) >= 11 is 0. The van der Waals surface area contributed by atoms with Crippen LogP contribution in [-0.2, 0) is 0 Å². The number of benzene rings is 3. The summed E-state index contributed by atoms with van der Waals surface area (Å²) < 4.78 is 4.64. The fourth-order valence-electron chi connectivity index (χ4n) is 3.30. The number of carbonyl (C=O) groups excluding carboxylic acids is 1. The molecule has 2 amide bonds. The molecule has 0 aliphatic carbocycles. The first-order valence-electron chi connectivity index (χ1n) is 8.60. The maximum absolute atomic E-state index is 12.4. The van der Waals surface area contributed by atoms with E-state index in [1.54, 1.807) is 0 Å². The number of nitrogens with one attached hydrogen (secondary N) is 2. The van der Waals surface area contributed by atoms with Crippen molar-refractivity contribution in [3.63, 3.8) is 0 Å². The molecular weight excluding hydrogens is 341 g/mol. The summed E-state index contributed by atoms with van der Waals surface area (Å²) in [6.07, 6.45) is 0. The molecule has 0 fully saturated rings. The number of rotatable bonds is 4. The maximum Gasteiger partial charge on any atom is 0.345 e. The maximum atomic E-state index is 12.4. The molecule has 3 aromatic carbocycles. The van der Waals surface area contributed by atoms with Gasteiger partial charge in [0, 0.05) is 16.7 Å². The van der Waals surface area contributed by atoms with Gasteiger partial charge in [0.2, 0.25) is 0 Å². The highest BCUT2D eigenvalue weighted by molar-refractivity contribution is 7.79. The number of hydrogen-bond donors (Lipinski definition) is 2. The highest BCUT2D eigenvalue weighted by atomic mass is 31.2. The van der Waals surface area contributed by atoms with E-state index in [0.717, 1.165) is 16.3 Å². The van der Waals surface area contributed by atoms with Crippen LogP contribution in [-0.4, -0.2) is 6.03 Å². The molecule has 2 N–H and O–H groups in total. The summed E-state index contributed by atoms with van der Waals surface area (Å²) in [5, 5.41) is 8.71. The van der Waals surface area contributed by atoms with E-state index in [1.165, 1.54) is 5.56 Å². The van der Waals surface area contributed by atoms with Crippen LogP contribution in [0.25, 0.3) is 0 Å². The SMILES string of the molecule is C[C@@H](NP1(c2ccccc2)=NC(=O)Nc2ccccc21)c1ccccc1. The van der Waals surface area contributed by atoms with E-state index >= 15 is 0 Å². The molecule has 0 saturated heterocycles. The van der Waals surface area contributed by atoms with Gasteiger partial charge >= 0.3 is 6.03 Å². The third-order valence-corrected chi connectivity index (χ3v) is 7.92. The molecule has 0 saturated carbocycles. The van der Waals surface area contributed by atoms with Crippen LogP contribution in [0.3, 0.4) is 0 Å². The molecule has 2 atom stereocenters. The largest absolute Gasteiger partial charge is 0.345 e. The summed E-state index contributed by atoms with van der Waals surface area (Å²) in [6.45, 7) is 2.12. The Kier molecular flexibility index (Phi) is 4.46. The van der Waals surface area contributed by atoms with Crippen molar-refractivity contribution >= 4 is 29.5 Å². The molecule has 3 aromatic rings.